The van der Waals surface area contributed by atoms with Crippen molar-refractivity contribution in [3.63, 3.8) is 0 Å². The lowest BCUT2D eigenvalue weighted by atomic mass is 10.0. The summed E-state index contributed by atoms with van der Waals surface area (Å²) in [6, 6.07) is 9.55. The van der Waals surface area contributed by atoms with E-state index in [0.29, 0.717) is 0 Å². The molecule has 0 aliphatic rings. The van der Waals surface area contributed by atoms with Gasteiger partial charge in [-0.15, -0.1) is 0 Å². The molecule has 8 heteroatoms. The fraction of sp³-hybridized carbons (Fsp3) is 0.565. The molecule has 172 valence electrons. The topological polar surface area (TPSA) is 126 Å². The Morgan fingerprint density at radius 2 is 1.74 bits per heavy atom. The molecule has 0 fully saturated rings. The summed E-state index contributed by atoms with van der Waals surface area (Å²) in [5.41, 5.74) is 1.72. The molecule has 0 aromatic heterocycles. The minimum absolute atomic E-state index is 0.0906. The van der Waals surface area contributed by atoms with E-state index in [2.05, 4.69) is 24.1 Å². The van der Waals surface area contributed by atoms with E-state index in [1.807, 2.05) is 30.3 Å². The number of hydrogen-bond donors (Lipinski definition) is 4. The number of anilines is 1. The zero-order valence-corrected chi connectivity index (χ0v) is 18.8. The van der Waals surface area contributed by atoms with Crippen LogP contribution < -0.4 is 10.2 Å². The average Bonchev–Trinajstić information content (AvgIpc) is 2.77. The van der Waals surface area contributed by atoms with E-state index in [1.54, 1.807) is 0 Å². The Hall–Kier alpha value is -2.44. The molecule has 0 aliphatic heterocycles. The number of hydrogen-bond acceptors (Lipinski definition) is 7. The van der Waals surface area contributed by atoms with E-state index >= 15 is 0 Å². The largest absolute Gasteiger partial charge is 0.391 e. The fourth-order valence-corrected chi connectivity index (χ4v) is 3.14. The molecular weight excluding hydrogens is 398 g/mol. The molecule has 0 radical (unpaired) electrons. The highest BCUT2D eigenvalue weighted by molar-refractivity contribution is 6.01. The van der Waals surface area contributed by atoms with Crippen molar-refractivity contribution in [2.45, 2.75) is 58.0 Å². The third-order valence-corrected chi connectivity index (χ3v) is 4.91. The minimum atomic E-state index is -1.42. The highest BCUT2D eigenvalue weighted by atomic mass is 16.5. The van der Waals surface area contributed by atoms with Crippen LogP contribution in [0.15, 0.2) is 29.8 Å². The molecule has 0 bridgehead atoms. The summed E-state index contributed by atoms with van der Waals surface area (Å²) in [6.07, 6.45) is -1.35. The summed E-state index contributed by atoms with van der Waals surface area (Å²) in [6.45, 7) is 7.40. The third-order valence-electron chi connectivity index (χ3n) is 4.91. The van der Waals surface area contributed by atoms with Crippen LogP contribution in [0.25, 0.3) is 6.08 Å². The normalized spacial score (nSPS) is 15.5. The Kier molecular flexibility index (Phi) is 11.8. The number of amides is 1. The number of nitrogens with zero attached hydrogens (tertiary/aromatic N) is 2. The lowest BCUT2D eigenvalue weighted by Crippen LogP contribution is -2.49. The van der Waals surface area contributed by atoms with Crippen LogP contribution in [0.2, 0.25) is 0 Å². The number of aliphatic hydroxyl groups excluding tert-OH is 3. The van der Waals surface area contributed by atoms with Gasteiger partial charge in [0.25, 0.3) is 5.91 Å². The number of benzene rings is 1. The van der Waals surface area contributed by atoms with Gasteiger partial charge in [0.2, 0.25) is 0 Å². The maximum atomic E-state index is 12.4. The number of ether oxygens (including phenoxy) is 1. The van der Waals surface area contributed by atoms with Gasteiger partial charge in [0, 0.05) is 32.4 Å². The van der Waals surface area contributed by atoms with Crippen molar-refractivity contribution >= 4 is 17.7 Å². The van der Waals surface area contributed by atoms with Crippen molar-refractivity contribution in [2.24, 2.45) is 0 Å². The van der Waals surface area contributed by atoms with Crippen molar-refractivity contribution in [3.8, 4) is 6.07 Å². The molecule has 31 heavy (non-hydrogen) atoms. The van der Waals surface area contributed by atoms with Crippen LogP contribution in [0.1, 0.15) is 39.2 Å². The lowest BCUT2D eigenvalue weighted by molar-refractivity contribution is -0.122. The van der Waals surface area contributed by atoms with Crippen LogP contribution in [-0.4, -0.2) is 72.4 Å². The van der Waals surface area contributed by atoms with Gasteiger partial charge < -0.3 is 30.3 Å². The summed E-state index contributed by atoms with van der Waals surface area (Å²) in [5, 5.41) is 41.2. The highest BCUT2D eigenvalue weighted by Crippen LogP contribution is 2.18. The quantitative estimate of drug-likeness (QED) is 0.274. The van der Waals surface area contributed by atoms with Crippen molar-refractivity contribution in [1.82, 2.24) is 5.32 Å². The van der Waals surface area contributed by atoms with Crippen molar-refractivity contribution in [1.29, 1.82) is 5.26 Å². The molecule has 0 spiro atoms. The molecule has 0 saturated heterocycles. The Morgan fingerprint density at radius 3 is 2.19 bits per heavy atom. The number of nitriles is 1. The summed E-state index contributed by atoms with van der Waals surface area (Å²) < 4.78 is 5.10. The van der Waals surface area contributed by atoms with Gasteiger partial charge >= 0.3 is 0 Å². The summed E-state index contributed by atoms with van der Waals surface area (Å²) in [7, 11) is 1.32. The molecule has 0 aliphatic carbocycles. The smallest absolute Gasteiger partial charge is 0.262 e. The van der Waals surface area contributed by atoms with E-state index in [1.165, 1.54) is 20.1 Å². The Bertz CT molecular complexity index is 737. The van der Waals surface area contributed by atoms with Crippen LogP contribution in [0, 0.1) is 11.3 Å². The first-order chi connectivity index (χ1) is 14.8. The molecule has 0 unspecified atom stereocenters. The van der Waals surface area contributed by atoms with E-state index < -0.39 is 30.3 Å². The Balaban J connectivity index is 2.84. The van der Waals surface area contributed by atoms with Crippen LogP contribution in [0.3, 0.4) is 0 Å². The second-order valence-corrected chi connectivity index (χ2v) is 7.45. The number of nitrogens with one attached hydrogen (secondary N) is 1. The second-order valence-electron chi connectivity index (χ2n) is 7.45. The molecule has 1 aromatic rings. The molecule has 8 nitrogen and oxygen atoms in total. The van der Waals surface area contributed by atoms with Gasteiger partial charge in [-0.25, -0.2) is 0 Å². The van der Waals surface area contributed by atoms with Gasteiger partial charge in [0.15, 0.2) is 0 Å². The van der Waals surface area contributed by atoms with Gasteiger partial charge in [0.05, 0.1) is 6.10 Å². The molecule has 1 aromatic carbocycles. The molecule has 0 saturated carbocycles. The number of carbonyl (C=O) groups excluding carboxylic acids is 1. The molecular formula is C23H35N3O5. The van der Waals surface area contributed by atoms with E-state index in [4.69, 9.17) is 4.74 Å². The van der Waals surface area contributed by atoms with E-state index in [-0.39, 0.29) is 12.1 Å². The van der Waals surface area contributed by atoms with Crippen LogP contribution in [0.5, 0.6) is 0 Å². The van der Waals surface area contributed by atoms with Crippen molar-refractivity contribution in [2.75, 3.05) is 31.6 Å². The van der Waals surface area contributed by atoms with Gasteiger partial charge in [-0.2, -0.15) is 5.26 Å². The number of carbonyl (C=O) groups is 1. The maximum absolute atomic E-state index is 12.4. The van der Waals surface area contributed by atoms with Gasteiger partial charge in [-0.05, 0) is 43.5 Å². The summed E-state index contributed by atoms with van der Waals surface area (Å²) >= 11 is 0. The highest BCUT2D eigenvalue weighted by Gasteiger charge is 2.30. The zero-order chi connectivity index (χ0) is 23.4. The predicted molar refractivity (Wildman–Crippen MR) is 120 cm³/mol. The molecule has 1 rings (SSSR count). The molecule has 1 amide bonds. The van der Waals surface area contributed by atoms with Gasteiger partial charge in [0.1, 0.15) is 30.0 Å². The second kappa shape index (κ2) is 13.8. The first-order valence-electron chi connectivity index (χ1n) is 10.6. The first-order valence-corrected chi connectivity index (χ1v) is 10.6. The standard InChI is InChI=1S/C23H35N3O5/c1-5-11-26(12-6-2)19-9-7-17(8-10-19)13-18(14-24)23(30)25-15-20(31-4)22(29)21(28)16(3)27/h7-10,13,16,20-22,27-29H,5-6,11-12,15H2,1-4H3,(H,25,30)/b18-13+/t16-,20+,21+,22+/m0/s1. The third kappa shape index (κ3) is 8.31. The van der Waals surface area contributed by atoms with Gasteiger partial charge in [-0.1, -0.05) is 26.0 Å². The number of aliphatic hydroxyl groups is 3. The SMILES string of the molecule is CCCN(CCC)c1ccc(/C=C(\C#N)C(=O)NC[C@@H](OC)[C@@H](O)[C@H](O)[C@H](C)O)cc1. The summed E-state index contributed by atoms with van der Waals surface area (Å²) in [5.74, 6) is -0.619. The van der Waals surface area contributed by atoms with Crippen LogP contribution in [0.4, 0.5) is 5.69 Å². The monoisotopic (exact) mass is 433 g/mol. The van der Waals surface area contributed by atoms with Crippen molar-refractivity contribution < 1.29 is 24.9 Å². The Labute approximate surface area is 184 Å². The minimum Gasteiger partial charge on any atom is -0.391 e. The molecule has 4 N–H and O–H groups in total. The Morgan fingerprint density at radius 1 is 1.16 bits per heavy atom. The van der Waals surface area contributed by atoms with Crippen molar-refractivity contribution in [3.05, 3.63) is 35.4 Å². The van der Waals surface area contributed by atoms with Crippen LogP contribution in [-0.2, 0) is 9.53 Å². The van der Waals surface area contributed by atoms with E-state index in [0.717, 1.165) is 37.2 Å². The lowest BCUT2D eigenvalue weighted by Gasteiger charge is -2.27. The molecule has 0 heterocycles. The maximum Gasteiger partial charge on any atom is 0.262 e. The predicted octanol–water partition coefficient (Wildman–Crippen LogP) is 1.45. The van der Waals surface area contributed by atoms with Gasteiger partial charge in [-0.3, -0.25) is 4.79 Å². The zero-order valence-electron chi connectivity index (χ0n) is 18.8. The van der Waals surface area contributed by atoms with E-state index in [9.17, 15) is 25.4 Å². The number of methoxy groups -OCH3 is 1. The first kappa shape index (κ1) is 26.6. The van der Waals surface area contributed by atoms with Crippen LogP contribution >= 0.6 is 0 Å². The molecule has 4 atom stereocenters. The summed E-state index contributed by atoms with van der Waals surface area (Å²) in [4.78, 5) is 14.7. The average molecular weight is 434 g/mol. The fourth-order valence-electron chi connectivity index (χ4n) is 3.14. The number of rotatable bonds is 13.